The van der Waals surface area contributed by atoms with Crippen LogP contribution in [0.5, 0.6) is 0 Å². The average molecular weight is 410 g/mol. The second-order valence-electron chi connectivity index (χ2n) is 6.53. The molecule has 0 aliphatic carbocycles. The Hall–Kier alpha value is -2.40. The molecule has 26 heavy (non-hydrogen) atoms. The van der Waals surface area contributed by atoms with Crippen LogP contribution in [0.3, 0.4) is 0 Å². The van der Waals surface area contributed by atoms with E-state index < -0.39 is 0 Å². The lowest BCUT2D eigenvalue weighted by Crippen LogP contribution is -2.49. The van der Waals surface area contributed by atoms with Crippen LogP contribution < -0.4 is 4.90 Å². The Morgan fingerprint density at radius 2 is 1.65 bits per heavy atom. The number of nitrogens with zero attached hydrogens (tertiary/aromatic N) is 3. The van der Waals surface area contributed by atoms with Crippen molar-refractivity contribution in [3.05, 3.63) is 70.7 Å². The monoisotopic (exact) mass is 409 g/mol. The molecule has 4 nitrogen and oxygen atoms in total. The van der Waals surface area contributed by atoms with E-state index >= 15 is 0 Å². The third-order valence-corrected chi connectivity index (χ3v) is 5.34. The highest BCUT2D eigenvalue weighted by atomic mass is 79.9. The third-order valence-electron chi connectivity index (χ3n) is 4.81. The minimum atomic E-state index is 0.193. The number of halogens is 1. The van der Waals surface area contributed by atoms with Crippen LogP contribution in [-0.4, -0.2) is 42.0 Å². The van der Waals surface area contributed by atoms with E-state index in [1.807, 2.05) is 47.4 Å². The normalized spacial score (nSPS) is 14.7. The number of benzene rings is 2. The third kappa shape index (κ3) is 3.73. The van der Waals surface area contributed by atoms with Gasteiger partial charge in [-0.1, -0.05) is 46.3 Å². The molecule has 0 atom stereocenters. The first-order valence-electron chi connectivity index (χ1n) is 8.82. The Balaban J connectivity index is 1.38. The fourth-order valence-electron chi connectivity index (χ4n) is 3.31. The molecule has 1 aliphatic rings. The summed E-state index contributed by atoms with van der Waals surface area (Å²) in [5.74, 6) is 1.18. The van der Waals surface area contributed by atoms with Gasteiger partial charge in [0.25, 0.3) is 0 Å². The zero-order valence-electron chi connectivity index (χ0n) is 14.4. The van der Waals surface area contributed by atoms with Gasteiger partial charge in [0.1, 0.15) is 5.82 Å². The molecule has 0 bridgehead atoms. The van der Waals surface area contributed by atoms with Crippen molar-refractivity contribution in [2.75, 3.05) is 31.1 Å². The van der Waals surface area contributed by atoms with Crippen LogP contribution in [0.2, 0.25) is 0 Å². The molecule has 1 saturated heterocycles. The smallest absolute Gasteiger partial charge is 0.227 e. The van der Waals surface area contributed by atoms with Crippen molar-refractivity contribution in [1.29, 1.82) is 0 Å². The average Bonchev–Trinajstić information content (AvgIpc) is 2.69. The summed E-state index contributed by atoms with van der Waals surface area (Å²) >= 11 is 3.43. The van der Waals surface area contributed by atoms with Crippen LogP contribution in [-0.2, 0) is 11.2 Å². The molecule has 0 saturated carbocycles. The van der Waals surface area contributed by atoms with Crippen molar-refractivity contribution in [2.24, 2.45) is 0 Å². The molecule has 1 fully saturated rings. The van der Waals surface area contributed by atoms with Gasteiger partial charge in [-0.3, -0.25) is 4.79 Å². The first kappa shape index (κ1) is 17.0. The van der Waals surface area contributed by atoms with E-state index in [4.69, 9.17) is 4.98 Å². The fourth-order valence-corrected chi connectivity index (χ4v) is 3.57. The molecule has 3 aromatic rings. The van der Waals surface area contributed by atoms with Gasteiger partial charge >= 0.3 is 0 Å². The number of hydrogen-bond donors (Lipinski definition) is 0. The lowest BCUT2D eigenvalue weighted by Gasteiger charge is -2.35. The number of hydrogen-bond acceptors (Lipinski definition) is 3. The summed E-state index contributed by atoms with van der Waals surface area (Å²) in [7, 11) is 0. The van der Waals surface area contributed by atoms with Crippen LogP contribution in [0.4, 0.5) is 5.82 Å². The molecule has 132 valence electrons. The highest BCUT2D eigenvalue weighted by molar-refractivity contribution is 9.10. The van der Waals surface area contributed by atoms with Crippen molar-refractivity contribution >= 4 is 38.6 Å². The summed E-state index contributed by atoms with van der Waals surface area (Å²) in [5.41, 5.74) is 2.07. The molecular weight excluding hydrogens is 390 g/mol. The highest BCUT2D eigenvalue weighted by Crippen LogP contribution is 2.19. The number of pyridine rings is 1. The quantitative estimate of drug-likeness (QED) is 0.658. The second-order valence-corrected chi connectivity index (χ2v) is 7.45. The van der Waals surface area contributed by atoms with E-state index in [1.165, 1.54) is 0 Å². The Bertz CT molecular complexity index is 918. The van der Waals surface area contributed by atoms with Gasteiger partial charge in [-0.25, -0.2) is 4.98 Å². The maximum atomic E-state index is 12.6. The van der Waals surface area contributed by atoms with Gasteiger partial charge in [-0.05, 0) is 35.9 Å². The number of carbonyl (C=O) groups is 1. The first-order valence-corrected chi connectivity index (χ1v) is 9.61. The number of fused-ring (bicyclic) bond motifs is 1. The van der Waals surface area contributed by atoms with Gasteiger partial charge in [0.2, 0.25) is 5.91 Å². The molecule has 1 amide bonds. The molecule has 4 rings (SSSR count). The van der Waals surface area contributed by atoms with Gasteiger partial charge in [0.05, 0.1) is 11.9 Å². The molecule has 1 aliphatic heterocycles. The lowest BCUT2D eigenvalue weighted by molar-refractivity contribution is -0.130. The summed E-state index contributed by atoms with van der Waals surface area (Å²) in [6.07, 6.45) is 0.460. The van der Waals surface area contributed by atoms with Crippen LogP contribution in [0, 0.1) is 0 Å². The maximum absolute atomic E-state index is 12.6. The number of para-hydroxylation sites is 1. The number of rotatable bonds is 3. The molecule has 1 aromatic heterocycles. The highest BCUT2D eigenvalue weighted by Gasteiger charge is 2.22. The lowest BCUT2D eigenvalue weighted by atomic mass is 10.1. The largest absolute Gasteiger partial charge is 0.353 e. The van der Waals surface area contributed by atoms with Gasteiger partial charge in [-0.15, -0.1) is 0 Å². The number of carbonyl (C=O) groups excluding carboxylic acids is 1. The summed E-state index contributed by atoms with van der Waals surface area (Å²) in [6, 6.07) is 20.3. The first-order chi connectivity index (χ1) is 12.7. The Morgan fingerprint density at radius 3 is 2.42 bits per heavy atom. The fraction of sp³-hybridized carbons (Fsp3) is 0.238. The van der Waals surface area contributed by atoms with Crippen LogP contribution in [0.15, 0.2) is 65.1 Å². The summed E-state index contributed by atoms with van der Waals surface area (Å²) in [4.78, 5) is 21.5. The molecule has 5 heteroatoms. The Labute approximate surface area is 161 Å². The van der Waals surface area contributed by atoms with Gasteiger partial charge in [0.15, 0.2) is 0 Å². The van der Waals surface area contributed by atoms with Gasteiger partial charge in [0, 0.05) is 36.0 Å². The molecule has 0 N–H and O–H groups in total. The van der Waals surface area contributed by atoms with E-state index in [1.54, 1.807) is 0 Å². The van der Waals surface area contributed by atoms with E-state index in [-0.39, 0.29) is 5.91 Å². The number of amides is 1. The van der Waals surface area contributed by atoms with E-state index in [9.17, 15) is 4.79 Å². The SMILES string of the molecule is O=C(Cc1ccc(Br)cc1)N1CCN(c2ccc3ccccc3n2)CC1. The van der Waals surface area contributed by atoms with Crippen molar-refractivity contribution in [2.45, 2.75) is 6.42 Å². The van der Waals surface area contributed by atoms with Crippen molar-refractivity contribution in [3.63, 3.8) is 0 Å². The minimum Gasteiger partial charge on any atom is -0.353 e. The van der Waals surface area contributed by atoms with Crippen molar-refractivity contribution < 1.29 is 4.79 Å². The molecule has 0 radical (unpaired) electrons. The van der Waals surface area contributed by atoms with Crippen molar-refractivity contribution in [3.8, 4) is 0 Å². The number of anilines is 1. The zero-order valence-corrected chi connectivity index (χ0v) is 16.0. The standard InChI is InChI=1S/C21H20BrN3O/c22-18-8-5-16(6-9-18)15-21(26)25-13-11-24(12-14-25)20-10-7-17-3-1-2-4-19(17)23-20/h1-10H,11-15H2. The van der Waals surface area contributed by atoms with Crippen LogP contribution >= 0.6 is 15.9 Å². The predicted octanol–water partition coefficient (Wildman–Crippen LogP) is 3.89. The summed E-state index contributed by atoms with van der Waals surface area (Å²) < 4.78 is 1.03. The molecule has 2 aromatic carbocycles. The molecular formula is C21H20BrN3O. The van der Waals surface area contributed by atoms with Crippen LogP contribution in [0.1, 0.15) is 5.56 Å². The molecule has 0 spiro atoms. The molecule has 2 heterocycles. The van der Waals surface area contributed by atoms with E-state index in [0.717, 1.165) is 52.9 Å². The maximum Gasteiger partial charge on any atom is 0.227 e. The van der Waals surface area contributed by atoms with E-state index in [0.29, 0.717) is 6.42 Å². The topological polar surface area (TPSA) is 36.4 Å². The van der Waals surface area contributed by atoms with Crippen molar-refractivity contribution in [1.82, 2.24) is 9.88 Å². The Kier molecular flexibility index (Phi) is 4.89. The number of piperazine rings is 1. The van der Waals surface area contributed by atoms with E-state index in [2.05, 4.69) is 39.0 Å². The van der Waals surface area contributed by atoms with Gasteiger partial charge in [-0.2, -0.15) is 0 Å². The summed E-state index contributed by atoms with van der Waals surface area (Å²) in [5, 5.41) is 1.15. The second kappa shape index (κ2) is 7.46. The van der Waals surface area contributed by atoms with Gasteiger partial charge < -0.3 is 9.80 Å². The molecule has 0 unspecified atom stereocenters. The number of aromatic nitrogens is 1. The zero-order chi connectivity index (χ0) is 17.9. The summed E-state index contributed by atoms with van der Waals surface area (Å²) in [6.45, 7) is 3.11. The minimum absolute atomic E-state index is 0.193. The van der Waals surface area contributed by atoms with Crippen LogP contribution in [0.25, 0.3) is 10.9 Å². The predicted molar refractivity (Wildman–Crippen MR) is 108 cm³/mol. The Morgan fingerprint density at radius 1 is 0.923 bits per heavy atom.